The van der Waals surface area contributed by atoms with Crippen LogP contribution in [0, 0.1) is 15.9 Å². The fourth-order valence-electron chi connectivity index (χ4n) is 2.67. The highest BCUT2D eigenvalue weighted by molar-refractivity contribution is 7.89. The number of hydrogen-bond donors (Lipinski definition) is 1. The van der Waals surface area contributed by atoms with Gasteiger partial charge in [-0.15, -0.1) is 0 Å². The van der Waals surface area contributed by atoms with Crippen molar-refractivity contribution in [3.05, 3.63) is 64.0 Å². The molecule has 1 saturated heterocycles. The minimum atomic E-state index is -3.75. The Morgan fingerprint density at radius 1 is 1.18 bits per heavy atom. The van der Waals surface area contributed by atoms with Crippen LogP contribution in [0.15, 0.2) is 47.4 Å². The van der Waals surface area contributed by atoms with Crippen molar-refractivity contribution in [2.45, 2.75) is 4.90 Å². The molecule has 0 aromatic heterocycles. The number of nitro benzene ring substituents is 1. The fraction of sp³-hybridized carbons (Fsp3) is 0.235. The third kappa shape index (κ3) is 4.16. The molecule has 0 spiro atoms. The summed E-state index contributed by atoms with van der Waals surface area (Å²) in [5, 5.41) is 13.3. The van der Waals surface area contributed by atoms with E-state index in [4.69, 9.17) is 4.74 Å². The lowest BCUT2D eigenvalue weighted by Gasteiger charge is -2.26. The first-order chi connectivity index (χ1) is 13.3. The lowest BCUT2D eigenvalue weighted by atomic mass is 10.1. The van der Waals surface area contributed by atoms with Gasteiger partial charge in [0.05, 0.1) is 23.0 Å². The zero-order valence-electron chi connectivity index (χ0n) is 14.5. The number of amides is 1. The monoisotopic (exact) mass is 409 g/mol. The second-order valence-corrected chi connectivity index (χ2v) is 7.86. The molecular weight excluding hydrogens is 393 g/mol. The predicted octanol–water partition coefficient (Wildman–Crippen LogP) is 2.01. The fourth-order valence-corrected chi connectivity index (χ4v) is 4.12. The van der Waals surface area contributed by atoms with Crippen molar-refractivity contribution in [3.8, 4) is 0 Å². The van der Waals surface area contributed by atoms with E-state index in [1.165, 1.54) is 28.6 Å². The number of halogens is 1. The van der Waals surface area contributed by atoms with Crippen molar-refractivity contribution < 1.29 is 27.3 Å². The molecule has 148 valence electrons. The van der Waals surface area contributed by atoms with Gasteiger partial charge in [-0.25, -0.2) is 8.42 Å². The van der Waals surface area contributed by atoms with Crippen molar-refractivity contribution in [1.29, 1.82) is 0 Å². The van der Waals surface area contributed by atoms with Gasteiger partial charge in [-0.1, -0.05) is 6.07 Å². The molecule has 0 saturated carbocycles. The smallest absolute Gasteiger partial charge is 0.305 e. The Hall–Kier alpha value is -2.89. The van der Waals surface area contributed by atoms with Gasteiger partial charge in [0.2, 0.25) is 15.8 Å². The van der Waals surface area contributed by atoms with E-state index in [1.54, 1.807) is 0 Å². The number of nitrogens with one attached hydrogen (secondary N) is 1. The molecule has 1 fully saturated rings. The average Bonchev–Trinajstić information content (AvgIpc) is 2.69. The zero-order chi connectivity index (χ0) is 20.3. The molecule has 0 aliphatic carbocycles. The van der Waals surface area contributed by atoms with E-state index in [0.29, 0.717) is 13.2 Å². The van der Waals surface area contributed by atoms with Gasteiger partial charge in [0.15, 0.2) is 0 Å². The molecule has 28 heavy (non-hydrogen) atoms. The summed E-state index contributed by atoms with van der Waals surface area (Å²) in [4.78, 5) is 22.2. The first-order valence-corrected chi connectivity index (χ1v) is 9.66. The van der Waals surface area contributed by atoms with Crippen molar-refractivity contribution in [1.82, 2.24) is 4.31 Å². The Labute approximate surface area is 159 Å². The van der Waals surface area contributed by atoms with Gasteiger partial charge in [0, 0.05) is 30.4 Å². The largest absolute Gasteiger partial charge is 0.379 e. The standard InChI is InChI=1S/C17H16FN3O6S/c18-15-5-4-12(10-16(15)21(23)24)17(22)19-13-2-1-3-14(11-13)28(25,26)20-6-8-27-9-7-20/h1-5,10-11H,6-9H2,(H,19,22). The number of nitro groups is 1. The van der Waals surface area contributed by atoms with E-state index in [2.05, 4.69) is 5.32 Å². The molecule has 0 unspecified atom stereocenters. The first kappa shape index (κ1) is 19.9. The topological polar surface area (TPSA) is 119 Å². The van der Waals surface area contributed by atoms with Crippen LogP contribution >= 0.6 is 0 Å². The second kappa shape index (κ2) is 8.00. The highest BCUT2D eigenvalue weighted by Crippen LogP contribution is 2.22. The average molecular weight is 409 g/mol. The molecule has 1 heterocycles. The molecule has 2 aromatic carbocycles. The summed E-state index contributed by atoms with van der Waals surface area (Å²) in [6, 6.07) is 8.39. The van der Waals surface area contributed by atoms with Crippen LogP contribution in [0.4, 0.5) is 15.8 Å². The van der Waals surface area contributed by atoms with Gasteiger partial charge in [0.25, 0.3) is 5.91 Å². The van der Waals surface area contributed by atoms with E-state index in [0.717, 1.165) is 18.2 Å². The number of anilines is 1. The van der Waals surface area contributed by atoms with Gasteiger partial charge < -0.3 is 10.1 Å². The SMILES string of the molecule is O=C(Nc1cccc(S(=O)(=O)N2CCOCC2)c1)c1ccc(F)c([N+](=O)[O-])c1. The number of nitrogens with zero attached hydrogens (tertiary/aromatic N) is 2. The predicted molar refractivity (Wildman–Crippen MR) is 97.0 cm³/mol. The van der Waals surface area contributed by atoms with Crippen LogP contribution in [0.25, 0.3) is 0 Å². The molecule has 1 aliphatic heterocycles. The maximum atomic E-state index is 13.4. The lowest BCUT2D eigenvalue weighted by Crippen LogP contribution is -2.40. The molecule has 1 amide bonds. The van der Waals surface area contributed by atoms with Crippen molar-refractivity contribution in [2.24, 2.45) is 0 Å². The quantitative estimate of drug-likeness (QED) is 0.596. The maximum absolute atomic E-state index is 13.4. The molecule has 2 aromatic rings. The minimum Gasteiger partial charge on any atom is -0.379 e. The van der Waals surface area contributed by atoms with Crippen molar-refractivity contribution in [2.75, 3.05) is 31.6 Å². The Morgan fingerprint density at radius 3 is 2.57 bits per heavy atom. The highest BCUT2D eigenvalue weighted by atomic mass is 32.2. The summed E-state index contributed by atoms with van der Waals surface area (Å²) in [5.74, 6) is -1.79. The summed E-state index contributed by atoms with van der Waals surface area (Å²) in [5.41, 5.74) is -0.767. The van der Waals surface area contributed by atoms with E-state index >= 15 is 0 Å². The minimum absolute atomic E-state index is 0.00251. The van der Waals surface area contributed by atoms with E-state index in [1.807, 2.05) is 0 Å². The van der Waals surface area contributed by atoms with E-state index in [-0.39, 0.29) is 29.2 Å². The number of morpholine rings is 1. The van der Waals surface area contributed by atoms with Gasteiger partial charge in [-0.2, -0.15) is 8.70 Å². The van der Waals surface area contributed by atoms with Crippen LogP contribution in [-0.4, -0.2) is 49.9 Å². The molecule has 11 heteroatoms. The Morgan fingerprint density at radius 2 is 1.89 bits per heavy atom. The molecule has 0 radical (unpaired) electrons. The third-order valence-corrected chi connectivity index (χ3v) is 6.00. The van der Waals surface area contributed by atoms with Crippen LogP contribution < -0.4 is 5.32 Å². The number of ether oxygens (including phenoxy) is 1. The number of benzene rings is 2. The molecule has 1 N–H and O–H groups in total. The zero-order valence-corrected chi connectivity index (χ0v) is 15.3. The Balaban J connectivity index is 1.82. The lowest BCUT2D eigenvalue weighted by molar-refractivity contribution is -0.387. The first-order valence-electron chi connectivity index (χ1n) is 8.22. The Bertz CT molecular complexity index is 1020. The molecule has 1 aliphatic rings. The van der Waals surface area contributed by atoms with E-state index in [9.17, 15) is 27.7 Å². The normalized spacial score (nSPS) is 15.2. The summed E-state index contributed by atoms with van der Waals surface area (Å²) in [7, 11) is -3.75. The van der Waals surface area contributed by atoms with Crippen LogP contribution in [0.5, 0.6) is 0 Å². The molecule has 3 rings (SSSR count). The number of hydrogen-bond acceptors (Lipinski definition) is 6. The third-order valence-electron chi connectivity index (χ3n) is 4.10. The second-order valence-electron chi connectivity index (χ2n) is 5.92. The van der Waals surface area contributed by atoms with Crippen molar-refractivity contribution >= 4 is 27.3 Å². The molecule has 0 atom stereocenters. The summed E-state index contributed by atoms with van der Waals surface area (Å²) in [6.07, 6.45) is 0. The van der Waals surface area contributed by atoms with Gasteiger partial charge >= 0.3 is 5.69 Å². The van der Waals surface area contributed by atoms with Gasteiger partial charge in [0.1, 0.15) is 0 Å². The van der Waals surface area contributed by atoms with Crippen molar-refractivity contribution in [3.63, 3.8) is 0 Å². The molecular formula is C17H16FN3O6S. The van der Waals surface area contributed by atoms with Gasteiger partial charge in [-0.05, 0) is 30.3 Å². The van der Waals surface area contributed by atoms with Crippen LogP contribution in [0.2, 0.25) is 0 Å². The van der Waals surface area contributed by atoms with Crippen LogP contribution in [0.3, 0.4) is 0 Å². The van der Waals surface area contributed by atoms with Crippen LogP contribution in [0.1, 0.15) is 10.4 Å². The summed E-state index contributed by atoms with van der Waals surface area (Å²) < 4.78 is 45.3. The number of carbonyl (C=O) groups is 1. The number of rotatable bonds is 5. The number of carbonyl (C=O) groups excluding carboxylic acids is 1. The maximum Gasteiger partial charge on any atom is 0.305 e. The van der Waals surface area contributed by atoms with Crippen LogP contribution in [-0.2, 0) is 14.8 Å². The molecule has 0 bridgehead atoms. The number of sulfonamides is 1. The summed E-state index contributed by atoms with van der Waals surface area (Å²) in [6.45, 7) is 1.08. The van der Waals surface area contributed by atoms with Gasteiger partial charge in [-0.3, -0.25) is 14.9 Å². The highest BCUT2D eigenvalue weighted by Gasteiger charge is 2.26. The van der Waals surface area contributed by atoms with E-state index < -0.39 is 32.4 Å². The summed E-state index contributed by atoms with van der Waals surface area (Å²) >= 11 is 0. The molecule has 9 nitrogen and oxygen atoms in total. The Kier molecular flexibility index (Phi) is 5.68.